The highest BCUT2D eigenvalue weighted by molar-refractivity contribution is 7.16. The van der Waals surface area contributed by atoms with Crippen molar-refractivity contribution in [3.8, 4) is 10.7 Å². The number of aliphatic hydroxyl groups excluding tert-OH is 1. The molecular formula is C16H19N3O2S. The number of nitrogens with one attached hydrogen (secondary N) is 1. The smallest absolute Gasteiger partial charge is 0.263 e. The summed E-state index contributed by atoms with van der Waals surface area (Å²) in [5.41, 5.74) is 0.787. The van der Waals surface area contributed by atoms with E-state index < -0.39 is 0 Å². The van der Waals surface area contributed by atoms with Crippen molar-refractivity contribution in [1.82, 2.24) is 15.3 Å². The van der Waals surface area contributed by atoms with Crippen LogP contribution in [0, 0.1) is 5.92 Å². The first-order valence-electron chi connectivity index (χ1n) is 7.55. The Morgan fingerprint density at radius 1 is 1.27 bits per heavy atom. The van der Waals surface area contributed by atoms with Gasteiger partial charge < -0.3 is 10.4 Å². The molecule has 0 radical (unpaired) electrons. The van der Waals surface area contributed by atoms with E-state index in [9.17, 15) is 4.79 Å². The Morgan fingerprint density at radius 2 is 2.09 bits per heavy atom. The molecule has 0 atom stereocenters. The fraction of sp³-hybridized carbons (Fsp3) is 0.438. The van der Waals surface area contributed by atoms with E-state index in [2.05, 4.69) is 15.3 Å². The van der Waals surface area contributed by atoms with Crippen LogP contribution < -0.4 is 5.32 Å². The summed E-state index contributed by atoms with van der Waals surface area (Å²) in [6.45, 7) is 0.253. The molecule has 2 heterocycles. The van der Waals surface area contributed by atoms with Gasteiger partial charge in [-0.3, -0.25) is 9.78 Å². The van der Waals surface area contributed by atoms with Gasteiger partial charge in [0.05, 0.1) is 11.9 Å². The number of pyridine rings is 1. The van der Waals surface area contributed by atoms with E-state index in [1.54, 1.807) is 12.4 Å². The highest BCUT2D eigenvalue weighted by Gasteiger charge is 2.23. The molecule has 0 spiro atoms. The molecule has 0 bridgehead atoms. The third kappa shape index (κ3) is 3.51. The molecule has 0 unspecified atom stereocenters. The van der Waals surface area contributed by atoms with Crippen molar-refractivity contribution in [2.45, 2.75) is 31.7 Å². The number of aliphatic hydroxyl groups is 1. The van der Waals surface area contributed by atoms with Gasteiger partial charge in [0.15, 0.2) is 0 Å². The minimum Gasteiger partial charge on any atom is -0.396 e. The number of carbonyl (C=O) groups is 1. The predicted molar refractivity (Wildman–Crippen MR) is 85.6 cm³/mol. The fourth-order valence-corrected chi connectivity index (χ4v) is 3.53. The molecule has 0 aliphatic heterocycles. The molecule has 0 aromatic carbocycles. The van der Waals surface area contributed by atoms with Crippen molar-refractivity contribution in [2.24, 2.45) is 5.92 Å². The summed E-state index contributed by atoms with van der Waals surface area (Å²) in [5, 5.41) is 13.0. The third-order valence-corrected chi connectivity index (χ3v) is 5.07. The predicted octanol–water partition coefficient (Wildman–Crippen LogP) is 2.49. The van der Waals surface area contributed by atoms with Crippen LogP contribution in [-0.4, -0.2) is 33.6 Å². The molecule has 1 saturated carbocycles. The molecule has 6 heteroatoms. The number of aromatic nitrogens is 2. The standard InChI is InChI=1S/C16H19N3O2S/c20-10-11-4-6-12(7-5-11)19-15(21)14-9-18-16(22-14)13-3-1-2-8-17-13/h1-3,8-9,11-12,20H,4-7,10H2,(H,19,21). The first kappa shape index (κ1) is 15.1. The van der Waals surface area contributed by atoms with Crippen LogP contribution in [0.3, 0.4) is 0 Å². The van der Waals surface area contributed by atoms with Crippen LogP contribution >= 0.6 is 11.3 Å². The average Bonchev–Trinajstić information content (AvgIpc) is 3.06. The van der Waals surface area contributed by atoms with Crippen LogP contribution in [0.1, 0.15) is 35.4 Å². The quantitative estimate of drug-likeness (QED) is 0.908. The van der Waals surface area contributed by atoms with E-state index >= 15 is 0 Å². The number of nitrogens with zero attached hydrogens (tertiary/aromatic N) is 2. The lowest BCUT2D eigenvalue weighted by Gasteiger charge is -2.27. The zero-order chi connectivity index (χ0) is 15.4. The molecule has 3 rings (SSSR count). The second-order valence-corrected chi connectivity index (χ2v) is 6.65. The van der Waals surface area contributed by atoms with Gasteiger partial charge in [0, 0.05) is 18.8 Å². The van der Waals surface area contributed by atoms with E-state index in [1.165, 1.54) is 11.3 Å². The average molecular weight is 317 g/mol. The topological polar surface area (TPSA) is 75.1 Å². The Labute approximate surface area is 133 Å². The van der Waals surface area contributed by atoms with Crippen LogP contribution in [0.15, 0.2) is 30.6 Å². The lowest BCUT2D eigenvalue weighted by atomic mass is 9.86. The SMILES string of the molecule is O=C(NC1CCC(CO)CC1)c1cnc(-c2ccccn2)s1. The minimum atomic E-state index is -0.0628. The Morgan fingerprint density at radius 3 is 2.77 bits per heavy atom. The highest BCUT2D eigenvalue weighted by atomic mass is 32.1. The van der Waals surface area contributed by atoms with Crippen molar-refractivity contribution in [3.63, 3.8) is 0 Å². The van der Waals surface area contributed by atoms with Gasteiger partial charge in [-0.1, -0.05) is 6.07 Å². The number of thiazole rings is 1. The molecule has 22 heavy (non-hydrogen) atoms. The monoisotopic (exact) mass is 317 g/mol. The van der Waals surface area contributed by atoms with Crippen LogP contribution in [0.25, 0.3) is 10.7 Å². The lowest BCUT2D eigenvalue weighted by Crippen LogP contribution is -2.37. The second kappa shape index (κ2) is 6.98. The maximum Gasteiger partial charge on any atom is 0.263 e. The zero-order valence-electron chi connectivity index (χ0n) is 12.2. The maximum atomic E-state index is 12.3. The molecule has 2 aromatic rings. The minimum absolute atomic E-state index is 0.0628. The summed E-state index contributed by atoms with van der Waals surface area (Å²) in [6, 6.07) is 5.85. The Balaban J connectivity index is 1.60. The normalized spacial score (nSPS) is 21.5. The van der Waals surface area contributed by atoms with Crippen LogP contribution in [0.5, 0.6) is 0 Å². The van der Waals surface area contributed by atoms with E-state index in [-0.39, 0.29) is 18.6 Å². The molecule has 1 amide bonds. The van der Waals surface area contributed by atoms with Crippen molar-refractivity contribution >= 4 is 17.2 Å². The van der Waals surface area contributed by atoms with Crippen molar-refractivity contribution in [2.75, 3.05) is 6.61 Å². The first-order valence-corrected chi connectivity index (χ1v) is 8.37. The summed E-state index contributed by atoms with van der Waals surface area (Å²) < 4.78 is 0. The largest absolute Gasteiger partial charge is 0.396 e. The molecule has 116 valence electrons. The summed E-state index contributed by atoms with van der Waals surface area (Å²) in [4.78, 5) is 21.4. The van der Waals surface area contributed by atoms with Gasteiger partial charge in [-0.25, -0.2) is 4.98 Å². The molecule has 1 aliphatic carbocycles. The summed E-state index contributed by atoms with van der Waals surface area (Å²) >= 11 is 1.36. The number of carbonyl (C=O) groups excluding carboxylic acids is 1. The number of amides is 1. The molecule has 1 aliphatic rings. The molecule has 1 fully saturated rings. The van der Waals surface area contributed by atoms with Crippen LogP contribution in [-0.2, 0) is 0 Å². The number of hydrogen-bond donors (Lipinski definition) is 2. The molecule has 0 saturated heterocycles. The Bertz CT molecular complexity index is 621. The van der Waals surface area contributed by atoms with Crippen molar-refractivity contribution in [1.29, 1.82) is 0 Å². The fourth-order valence-electron chi connectivity index (χ4n) is 2.73. The Hall–Kier alpha value is -1.79. The van der Waals surface area contributed by atoms with Gasteiger partial charge in [0.1, 0.15) is 9.88 Å². The number of rotatable bonds is 4. The Kier molecular flexibility index (Phi) is 4.80. The van der Waals surface area contributed by atoms with E-state index in [0.717, 1.165) is 36.4 Å². The van der Waals surface area contributed by atoms with Crippen LogP contribution in [0.2, 0.25) is 0 Å². The van der Waals surface area contributed by atoms with Crippen LogP contribution in [0.4, 0.5) is 0 Å². The van der Waals surface area contributed by atoms with Gasteiger partial charge >= 0.3 is 0 Å². The lowest BCUT2D eigenvalue weighted by molar-refractivity contribution is 0.0918. The van der Waals surface area contributed by atoms with Gasteiger partial charge in [-0.05, 0) is 43.7 Å². The molecule has 2 aromatic heterocycles. The van der Waals surface area contributed by atoms with E-state index in [0.29, 0.717) is 10.8 Å². The van der Waals surface area contributed by atoms with E-state index in [4.69, 9.17) is 5.11 Å². The summed E-state index contributed by atoms with van der Waals surface area (Å²) in [5.74, 6) is 0.333. The van der Waals surface area contributed by atoms with Gasteiger partial charge in [0.25, 0.3) is 5.91 Å². The maximum absolute atomic E-state index is 12.3. The first-order chi connectivity index (χ1) is 10.8. The third-order valence-electron chi connectivity index (χ3n) is 4.05. The molecule has 5 nitrogen and oxygen atoms in total. The van der Waals surface area contributed by atoms with Crippen molar-refractivity contribution in [3.05, 3.63) is 35.5 Å². The van der Waals surface area contributed by atoms with Crippen molar-refractivity contribution < 1.29 is 9.90 Å². The summed E-state index contributed by atoms with van der Waals surface area (Å²) in [7, 11) is 0. The zero-order valence-corrected chi connectivity index (χ0v) is 13.1. The van der Waals surface area contributed by atoms with E-state index in [1.807, 2.05) is 18.2 Å². The highest BCUT2D eigenvalue weighted by Crippen LogP contribution is 2.26. The van der Waals surface area contributed by atoms with Gasteiger partial charge in [0.2, 0.25) is 0 Å². The van der Waals surface area contributed by atoms with Gasteiger partial charge in [-0.15, -0.1) is 11.3 Å². The molecule has 2 N–H and O–H groups in total. The number of hydrogen-bond acceptors (Lipinski definition) is 5. The summed E-state index contributed by atoms with van der Waals surface area (Å²) in [6.07, 6.45) is 7.15. The van der Waals surface area contributed by atoms with Gasteiger partial charge in [-0.2, -0.15) is 0 Å². The molecular weight excluding hydrogens is 298 g/mol. The second-order valence-electron chi connectivity index (χ2n) is 5.62.